The van der Waals surface area contributed by atoms with Crippen LogP contribution in [-0.4, -0.2) is 62.7 Å². The number of ether oxygens (including phenoxy) is 1. The molecule has 0 saturated carbocycles. The van der Waals surface area contributed by atoms with Gasteiger partial charge in [-0.05, 0) is 31.1 Å². The highest BCUT2D eigenvalue weighted by Gasteiger charge is 2.42. The lowest BCUT2D eigenvalue weighted by molar-refractivity contribution is -0.0435. The molecule has 0 radical (unpaired) electrons. The summed E-state index contributed by atoms with van der Waals surface area (Å²) in [4.78, 5) is 23.3. The van der Waals surface area contributed by atoms with Gasteiger partial charge in [-0.2, -0.15) is 0 Å². The Bertz CT molecular complexity index is 738. The number of aliphatic hydroxyl groups is 1. The standard InChI is InChI=1S/C17H22N4O3/c22-11-14-1-2-17(3-7-24-8-4-17)12-21(14)15(23)13-9-19-16-18-5-6-20(16)10-13/h5-6,9-10,14,22H,1-4,7-8,11-12H2. The van der Waals surface area contributed by atoms with Crippen LogP contribution in [-0.2, 0) is 4.74 Å². The first-order chi connectivity index (χ1) is 11.7. The Labute approximate surface area is 140 Å². The lowest BCUT2D eigenvalue weighted by atomic mass is 9.72. The van der Waals surface area contributed by atoms with Gasteiger partial charge in [-0.3, -0.25) is 9.20 Å². The maximum absolute atomic E-state index is 13.1. The van der Waals surface area contributed by atoms with E-state index in [1.165, 1.54) is 0 Å². The monoisotopic (exact) mass is 330 g/mol. The Kier molecular flexibility index (Phi) is 3.97. The molecule has 1 unspecified atom stereocenters. The predicted octanol–water partition coefficient (Wildman–Crippen LogP) is 1.12. The van der Waals surface area contributed by atoms with Crippen molar-refractivity contribution in [3.05, 3.63) is 30.4 Å². The van der Waals surface area contributed by atoms with Crippen molar-refractivity contribution >= 4 is 11.7 Å². The van der Waals surface area contributed by atoms with Crippen LogP contribution in [0.2, 0.25) is 0 Å². The number of carbonyl (C=O) groups is 1. The number of piperidine rings is 1. The summed E-state index contributed by atoms with van der Waals surface area (Å²) in [5.41, 5.74) is 0.662. The molecular formula is C17H22N4O3. The van der Waals surface area contributed by atoms with Crippen molar-refractivity contribution < 1.29 is 14.6 Å². The molecule has 2 aromatic rings. The number of imidazole rings is 1. The minimum atomic E-state index is -0.121. The quantitative estimate of drug-likeness (QED) is 0.893. The summed E-state index contributed by atoms with van der Waals surface area (Å²) in [5.74, 6) is 0.507. The highest BCUT2D eigenvalue weighted by molar-refractivity contribution is 5.94. The number of carbonyl (C=O) groups excluding carboxylic acids is 1. The molecular weight excluding hydrogens is 308 g/mol. The van der Waals surface area contributed by atoms with Crippen LogP contribution in [0.1, 0.15) is 36.0 Å². The van der Waals surface area contributed by atoms with Crippen molar-refractivity contribution in [3.8, 4) is 0 Å². The summed E-state index contributed by atoms with van der Waals surface area (Å²) in [6.45, 7) is 2.20. The third kappa shape index (κ3) is 2.67. The van der Waals surface area contributed by atoms with Crippen LogP contribution in [0.25, 0.3) is 5.78 Å². The third-order valence-electron chi connectivity index (χ3n) is 5.47. The predicted molar refractivity (Wildman–Crippen MR) is 86.6 cm³/mol. The van der Waals surface area contributed by atoms with Gasteiger partial charge in [0.25, 0.3) is 5.91 Å². The van der Waals surface area contributed by atoms with Crippen molar-refractivity contribution in [1.29, 1.82) is 0 Å². The number of hydrogen-bond acceptors (Lipinski definition) is 5. The molecule has 1 spiro atoms. The lowest BCUT2D eigenvalue weighted by Crippen LogP contribution is -2.54. The van der Waals surface area contributed by atoms with Gasteiger partial charge in [-0.25, -0.2) is 9.97 Å². The fraction of sp³-hybridized carbons (Fsp3) is 0.588. The Hall–Kier alpha value is -1.99. The lowest BCUT2D eigenvalue weighted by Gasteiger charge is -2.48. The van der Waals surface area contributed by atoms with E-state index in [1.807, 2.05) is 4.90 Å². The summed E-state index contributed by atoms with van der Waals surface area (Å²) >= 11 is 0. The molecule has 0 aromatic carbocycles. The number of fused-ring (bicyclic) bond motifs is 1. The number of likely N-dealkylation sites (tertiary alicyclic amines) is 1. The maximum Gasteiger partial charge on any atom is 0.257 e. The number of amides is 1. The van der Waals surface area contributed by atoms with E-state index in [0.29, 0.717) is 17.9 Å². The van der Waals surface area contributed by atoms with Gasteiger partial charge in [0.2, 0.25) is 5.78 Å². The molecule has 128 valence electrons. The van der Waals surface area contributed by atoms with Crippen molar-refractivity contribution in [2.75, 3.05) is 26.4 Å². The highest BCUT2D eigenvalue weighted by Crippen LogP contribution is 2.41. The molecule has 1 N–H and O–H groups in total. The van der Waals surface area contributed by atoms with Crippen molar-refractivity contribution in [2.45, 2.75) is 31.7 Å². The Balaban J connectivity index is 1.61. The van der Waals surface area contributed by atoms with Gasteiger partial charge in [0.05, 0.1) is 18.2 Å². The summed E-state index contributed by atoms with van der Waals surface area (Å²) in [6, 6.07) is -0.121. The molecule has 1 amide bonds. The summed E-state index contributed by atoms with van der Waals surface area (Å²) in [5, 5.41) is 9.73. The van der Waals surface area contributed by atoms with Gasteiger partial charge in [-0.15, -0.1) is 0 Å². The highest BCUT2D eigenvalue weighted by atomic mass is 16.5. The molecule has 1 atom stereocenters. The van der Waals surface area contributed by atoms with Crippen molar-refractivity contribution in [1.82, 2.24) is 19.3 Å². The van der Waals surface area contributed by atoms with E-state index in [1.54, 1.807) is 29.2 Å². The zero-order chi connectivity index (χ0) is 16.6. The van der Waals surface area contributed by atoms with Crippen LogP contribution in [0.15, 0.2) is 24.8 Å². The molecule has 2 fully saturated rings. The molecule has 4 rings (SSSR count). The van der Waals surface area contributed by atoms with E-state index in [9.17, 15) is 9.90 Å². The SMILES string of the molecule is O=C(c1cnc2nccn2c1)N1CC2(CCOCC2)CCC1CO. The molecule has 2 saturated heterocycles. The van der Waals surface area contributed by atoms with E-state index < -0.39 is 0 Å². The van der Waals surface area contributed by atoms with Crippen LogP contribution in [0.4, 0.5) is 0 Å². The van der Waals surface area contributed by atoms with E-state index >= 15 is 0 Å². The fourth-order valence-electron chi connectivity index (χ4n) is 3.93. The van der Waals surface area contributed by atoms with Crippen LogP contribution < -0.4 is 0 Å². The first kappa shape index (κ1) is 15.5. The number of aliphatic hydroxyl groups excluding tert-OH is 1. The molecule has 2 aromatic heterocycles. The van der Waals surface area contributed by atoms with Gasteiger partial charge in [-0.1, -0.05) is 0 Å². The summed E-state index contributed by atoms with van der Waals surface area (Å²) in [7, 11) is 0. The second kappa shape index (κ2) is 6.14. The number of nitrogens with zero attached hydrogens (tertiary/aromatic N) is 4. The van der Waals surface area contributed by atoms with Gasteiger partial charge in [0.1, 0.15) is 0 Å². The molecule has 0 bridgehead atoms. The molecule has 2 aliphatic rings. The number of rotatable bonds is 2. The summed E-state index contributed by atoms with van der Waals surface area (Å²) in [6.07, 6.45) is 10.6. The van der Waals surface area contributed by atoms with E-state index in [2.05, 4.69) is 9.97 Å². The van der Waals surface area contributed by atoms with Crippen LogP contribution in [0.3, 0.4) is 0 Å². The smallest absolute Gasteiger partial charge is 0.257 e. The van der Waals surface area contributed by atoms with Crippen LogP contribution >= 0.6 is 0 Å². The molecule has 2 aliphatic heterocycles. The first-order valence-corrected chi connectivity index (χ1v) is 8.49. The third-order valence-corrected chi connectivity index (χ3v) is 5.47. The second-order valence-electron chi connectivity index (χ2n) is 6.90. The Morgan fingerprint density at radius 3 is 2.96 bits per heavy atom. The topological polar surface area (TPSA) is 80.0 Å². The van der Waals surface area contributed by atoms with Crippen LogP contribution in [0, 0.1) is 5.41 Å². The van der Waals surface area contributed by atoms with E-state index in [0.717, 1.165) is 38.9 Å². The normalized spacial score (nSPS) is 23.7. The minimum absolute atomic E-state index is 0.000924. The van der Waals surface area contributed by atoms with Crippen molar-refractivity contribution in [2.24, 2.45) is 5.41 Å². The van der Waals surface area contributed by atoms with E-state index in [4.69, 9.17) is 4.74 Å². The first-order valence-electron chi connectivity index (χ1n) is 8.49. The van der Waals surface area contributed by atoms with Crippen molar-refractivity contribution in [3.63, 3.8) is 0 Å². The van der Waals surface area contributed by atoms with Crippen LogP contribution in [0.5, 0.6) is 0 Å². The Morgan fingerprint density at radius 1 is 1.33 bits per heavy atom. The van der Waals surface area contributed by atoms with Gasteiger partial charge in [0.15, 0.2) is 0 Å². The Morgan fingerprint density at radius 2 is 2.17 bits per heavy atom. The average molecular weight is 330 g/mol. The molecule has 24 heavy (non-hydrogen) atoms. The molecule has 7 heteroatoms. The zero-order valence-electron chi connectivity index (χ0n) is 13.6. The van der Waals surface area contributed by atoms with Gasteiger partial charge in [0, 0.05) is 44.5 Å². The number of aromatic nitrogens is 3. The average Bonchev–Trinajstić information content (AvgIpc) is 3.09. The fourth-order valence-corrected chi connectivity index (χ4v) is 3.93. The zero-order valence-corrected chi connectivity index (χ0v) is 13.6. The van der Waals surface area contributed by atoms with E-state index in [-0.39, 0.29) is 24.0 Å². The maximum atomic E-state index is 13.1. The van der Waals surface area contributed by atoms with Gasteiger partial charge >= 0.3 is 0 Å². The largest absolute Gasteiger partial charge is 0.394 e. The second-order valence-corrected chi connectivity index (χ2v) is 6.90. The number of hydrogen-bond donors (Lipinski definition) is 1. The molecule has 0 aliphatic carbocycles. The molecule has 7 nitrogen and oxygen atoms in total. The minimum Gasteiger partial charge on any atom is -0.394 e. The van der Waals surface area contributed by atoms with Gasteiger partial charge < -0.3 is 14.7 Å². The summed E-state index contributed by atoms with van der Waals surface area (Å²) < 4.78 is 7.24. The molecule has 4 heterocycles.